The van der Waals surface area contributed by atoms with Crippen LogP contribution in [0.4, 0.5) is 5.69 Å². The summed E-state index contributed by atoms with van der Waals surface area (Å²) in [6.07, 6.45) is 0.263. The number of rotatable bonds is 3. The fourth-order valence-electron chi connectivity index (χ4n) is 2.30. The lowest BCUT2D eigenvalue weighted by Gasteiger charge is -2.37. The van der Waals surface area contributed by atoms with Crippen molar-refractivity contribution in [3.8, 4) is 0 Å². The summed E-state index contributed by atoms with van der Waals surface area (Å²) in [5.41, 5.74) is -0.618. The average molecular weight is 249 g/mol. The SMILES string of the molecule is O=C(O)C1(C(=O)O)CCN(c2ccccc2)CC1. The summed E-state index contributed by atoms with van der Waals surface area (Å²) >= 11 is 0. The molecular weight excluding hydrogens is 234 g/mol. The molecule has 0 aliphatic carbocycles. The van der Waals surface area contributed by atoms with Crippen LogP contribution in [0, 0.1) is 5.41 Å². The Balaban J connectivity index is 2.12. The van der Waals surface area contributed by atoms with Crippen LogP contribution in [0.2, 0.25) is 0 Å². The predicted octanol–water partition coefficient (Wildman–Crippen LogP) is 1.44. The van der Waals surface area contributed by atoms with Gasteiger partial charge in [0.1, 0.15) is 0 Å². The van der Waals surface area contributed by atoms with E-state index in [9.17, 15) is 9.59 Å². The van der Waals surface area contributed by atoms with Crippen molar-refractivity contribution >= 4 is 17.6 Å². The van der Waals surface area contributed by atoms with Crippen molar-refractivity contribution < 1.29 is 19.8 Å². The Morgan fingerprint density at radius 2 is 1.50 bits per heavy atom. The van der Waals surface area contributed by atoms with Crippen LogP contribution in [0.5, 0.6) is 0 Å². The molecule has 0 saturated carbocycles. The van der Waals surface area contributed by atoms with Gasteiger partial charge in [0.05, 0.1) is 0 Å². The molecule has 1 aromatic rings. The van der Waals surface area contributed by atoms with Crippen molar-refractivity contribution in [2.24, 2.45) is 5.41 Å². The van der Waals surface area contributed by atoms with Gasteiger partial charge in [-0.25, -0.2) is 0 Å². The first-order valence-electron chi connectivity index (χ1n) is 5.83. The van der Waals surface area contributed by atoms with Gasteiger partial charge >= 0.3 is 11.9 Å². The maximum atomic E-state index is 11.2. The van der Waals surface area contributed by atoms with Crippen LogP contribution >= 0.6 is 0 Å². The van der Waals surface area contributed by atoms with Crippen molar-refractivity contribution in [1.29, 1.82) is 0 Å². The first-order chi connectivity index (χ1) is 8.56. The molecule has 5 nitrogen and oxygen atoms in total. The largest absolute Gasteiger partial charge is 0.480 e. The van der Waals surface area contributed by atoms with Crippen molar-refractivity contribution in [3.05, 3.63) is 30.3 Å². The molecule has 0 atom stereocenters. The van der Waals surface area contributed by atoms with Crippen LogP contribution in [0.1, 0.15) is 12.8 Å². The third-order valence-corrected chi connectivity index (χ3v) is 3.56. The third kappa shape index (κ3) is 2.03. The van der Waals surface area contributed by atoms with Gasteiger partial charge in [0.15, 0.2) is 5.41 Å². The van der Waals surface area contributed by atoms with Crippen molar-refractivity contribution in [3.63, 3.8) is 0 Å². The molecule has 2 rings (SSSR count). The lowest BCUT2D eigenvalue weighted by Crippen LogP contribution is -2.49. The monoisotopic (exact) mass is 249 g/mol. The Hall–Kier alpha value is -2.04. The quantitative estimate of drug-likeness (QED) is 0.792. The summed E-state index contributed by atoms with van der Waals surface area (Å²) in [7, 11) is 0. The zero-order valence-electron chi connectivity index (χ0n) is 9.87. The number of nitrogens with zero attached hydrogens (tertiary/aromatic N) is 1. The van der Waals surface area contributed by atoms with Crippen LogP contribution in [-0.2, 0) is 9.59 Å². The summed E-state index contributed by atoms with van der Waals surface area (Å²) in [5, 5.41) is 18.2. The third-order valence-electron chi connectivity index (χ3n) is 3.56. The fourth-order valence-corrected chi connectivity index (χ4v) is 2.30. The van der Waals surface area contributed by atoms with E-state index >= 15 is 0 Å². The highest BCUT2D eigenvalue weighted by Gasteiger charge is 2.48. The molecule has 1 fully saturated rings. The molecule has 0 aromatic heterocycles. The van der Waals surface area contributed by atoms with Crippen LogP contribution < -0.4 is 4.90 Å². The molecule has 0 spiro atoms. The molecule has 0 radical (unpaired) electrons. The van der Waals surface area contributed by atoms with E-state index in [2.05, 4.69) is 0 Å². The van der Waals surface area contributed by atoms with Gasteiger partial charge in [-0.05, 0) is 25.0 Å². The second kappa shape index (κ2) is 4.68. The van der Waals surface area contributed by atoms with E-state index in [4.69, 9.17) is 10.2 Å². The molecule has 0 unspecified atom stereocenters. The van der Waals surface area contributed by atoms with Gasteiger partial charge in [0, 0.05) is 18.8 Å². The van der Waals surface area contributed by atoms with E-state index in [0.717, 1.165) is 5.69 Å². The van der Waals surface area contributed by atoms with Gasteiger partial charge in [-0.3, -0.25) is 9.59 Å². The molecule has 5 heteroatoms. The van der Waals surface area contributed by atoms with Crippen LogP contribution in [0.15, 0.2) is 30.3 Å². The molecule has 0 bridgehead atoms. The molecule has 1 heterocycles. The Kier molecular flexibility index (Phi) is 3.23. The highest BCUT2D eigenvalue weighted by atomic mass is 16.4. The minimum Gasteiger partial charge on any atom is -0.480 e. The number of carboxylic acid groups (broad SMARTS) is 2. The number of hydrogen-bond donors (Lipinski definition) is 2. The second-order valence-electron chi connectivity index (χ2n) is 4.52. The number of anilines is 1. The van der Waals surface area contributed by atoms with Crippen LogP contribution in [0.3, 0.4) is 0 Å². The maximum Gasteiger partial charge on any atom is 0.321 e. The molecule has 1 aromatic carbocycles. The summed E-state index contributed by atoms with van der Waals surface area (Å²) in [6, 6.07) is 9.60. The second-order valence-corrected chi connectivity index (χ2v) is 4.52. The number of carboxylic acids is 2. The summed E-state index contributed by atoms with van der Waals surface area (Å²) < 4.78 is 0. The van der Waals surface area contributed by atoms with E-state index < -0.39 is 17.4 Å². The standard InChI is InChI=1S/C13H15NO4/c15-11(16)13(12(17)18)6-8-14(9-7-13)10-4-2-1-3-5-10/h1-5H,6-9H2,(H,15,16)(H,17,18). The smallest absolute Gasteiger partial charge is 0.321 e. The Morgan fingerprint density at radius 3 is 1.94 bits per heavy atom. The number of benzene rings is 1. The number of para-hydroxylation sites is 1. The minimum atomic E-state index is -1.62. The lowest BCUT2D eigenvalue weighted by molar-refractivity contribution is -0.166. The van der Waals surface area contributed by atoms with Crippen molar-refractivity contribution in [2.75, 3.05) is 18.0 Å². The summed E-state index contributed by atoms with van der Waals surface area (Å²) in [5.74, 6) is -2.47. The molecular formula is C13H15NO4. The van der Waals surface area contributed by atoms with E-state index in [1.165, 1.54) is 0 Å². The van der Waals surface area contributed by atoms with Crippen LogP contribution in [0.25, 0.3) is 0 Å². The topological polar surface area (TPSA) is 77.8 Å². The van der Waals surface area contributed by atoms with Crippen LogP contribution in [-0.4, -0.2) is 35.2 Å². The Bertz CT molecular complexity index is 433. The number of hydrogen-bond acceptors (Lipinski definition) is 3. The number of piperidine rings is 1. The molecule has 1 saturated heterocycles. The van der Waals surface area contributed by atoms with Gasteiger partial charge in [-0.15, -0.1) is 0 Å². The average Bonchev–Trinajstić information content (AvgIpc) is 2.39. The van der Waals surface area contributed by atoms with E-state index in [-0.39, 0.29) is 12.8 Å². The number of aliphatic carboxylic acids is 2. The zero-order chi connectivity index (χ0) is 13.2. The lowest BCUT2D eigenvalue weighted by atomic mass is 9.78. The molecule has 18 heavy (non-hydrogen) atoms. The highest BCUT2D eigenvalue weighted by molar-refractivity contribution is 5.98. The van der Waals surface area contributed by atoms with Gasteiger partial charge in [-0.2, -0.15) is 0 Å². The Morgan fingerprint density at radius 1 is 1.00 bits per heavy atom. The minimum absolute atomic E-state index is 0.132. The van der Waals surface area contributed by atoms with Gasteiger partial charge < -0.3 is 15.1 Å². The Labute approximate surface area is 105 Å². The first kappa shape index (κ1) is 12.4. The zero-order valence-corrected chi connectivity index (χ0v) is 9.87. The van der Waals surface area contributed by atoms with E-state index in [1.54, 1.807) is 0 Å². The molecule has 96 valence electrons. The summed E-state index contributed by atoms with van der Waals surface area (Å²) in [6.45, 7) is 0.894. The maximum absolute atomic E-state index is 11.2. The van der Waals surface area contributed by atoms with Gasteiger partial charge in [-0.1, -0.05) is 18.2 Å². The fraction of sp³-hybridized carbons (Fsp3) is 0.385. The van der Waals surface area contributed by atoms with E-state index in [1.807, 2.05) is 35.2 Å². The molecule has 0 amide bonds. The van der Waals surface area contributed by atoms with Gasteiger partial charge in [0.2, 0.25) is 0 Å². The molecule has 1 aliphatic heterocycles. The molecule has 1 aliphatic rings. The first-order valence-corrected chi connectivity index (χ1v) is 5.83. The summed E-state index contributed by atoms with van der Waals surface area (Å²) in [4.78, 5) is 24.3. The molecule has 2 N–H and O–H groups in total. The predicted molar refractivity (Wildman–Crippen MR) is 65.6 cm³/mol. The van der Waals surface area contributed by atoms with Crippen molar-refractivity contribution in [1.82, 2.24) is 0 Å². The van der Waals surface area contributed by atoms with Gasteiger partial charge in [0.25, 0.3) is 0 Å². The van der Waals surface area contributed by atoms with E-state index in [0.29, 0.717) is 13.1 Å². The number of carbonyl (C=O) groups is 2. The van der Waals surface area contributed by atoms with Crippen molar-refractivity contribution in [2.45, 2.75) is 12.8 Å². The normalized spacial score (nSPS) is 18.3. The highest BCUT2D eigenvalue weighted by Crippen LogP contribution is 2.34.